The first-order chi connectivity index (χ1) is 11.8. The zero-order chi connectivity index (χ0) is 18.6. The Hall–Kier alpha value is -2.50. The molecule has 2 rings (SSSR count). The number of aliphatic hydroxyl groups excluding tert-OH is 2. The summed E-state index contributed by atoms with van der Waals surface area (Å²) in [6, 6.07) is 0. The monoisotopic (exact) mass is 356 g/mol. The van der Waals surface area contributed by atoms with Crippen LogP contribution in [0.15, 0.2) is 15.8 Å². The van der Waals surface area contributed by atoms with Crippen LogP contribution in [-0.2, 0) is 14.3 Å². The fraction of sp³-hybridized carbons (Fsp3) is 0.571. The lowest BCUT2D eigenvalue weighted by Gasteiger charge is -2.15. The van der Waals surface area contributed by atoms with E-state index in [4.69, 9.17) is 9.84 Å². The molecule has 0 aliphatic carbocycles. The van der Waals surface area contributed by atoms with Crippen LogP contribution in [0.5, 0.6) is 0 Å². The van der Waals surface area contributed by atoms with E-state index >= 15 is 0 Å². The van der Waals surface area contributed by atoms with Crippen molar-refractivity contribution >= 4 is 17.5 Å². The maximum Gasteiger partial charge on any atom is 0.330 e. The summed E-state index contributed by atoms with van der Waals surface area (Å²) in [5, 5.41) is 23.6. The minimum Gasteiger partial charge on any atom is -0.394 e. The first kappa shape index (κ1) is 18.8. The Balaban J connectivity index is 2.12. The predicted molar refractivity (Wildman–Crippen MR) is 84.9 cm³/mol. The van der Waals surface area contributed by atoms with E-state index in [0.29, 0.717) is 0 Å². The van der Waals surface area contributed by atoms with Gasteiger partial charge in [-0.05, 0) is 0 Å². The third-order valence-corrected chi connectivity index (χ3v) is 3.66. The van der Waals surface area contributed by atoms with Gasteiger partial charge in [0, 0.05) is 32.5 Å². The second-order valence-corrected chi connectivity index (χ2v) is 5.61. The van der Waals surface area contributed by atoms with E-state index < -0.39 is 42.2 Å². The molecule has 138 valence electrons. The minimum atomic E-state index is -0.954. The van der Waals surface area contributed by atoms with Crippen LogP contribution in [-0.4, -0.2) is 56.9 Å². The molecule has 0 radical (unpaired) electrons. The molecule has 11 heteroatoms. The van der Waals surface area contributed by atoms with Gasteiger partial charge in [-0.3, -0.25) is 23.9 Å². The van der Waals surface area contributed by atoms with Crippen molar-refractivity contribution < 1.29 is 24.5 Å². The van der Waals surface area contributed by atoms with E-state index in [9.17, 15) is 24.3 Å². The first-order valence-electron chi connectivity index (χ1n) is 7.66. The second kappa shape index (κ2) is 8.05. The van der Waals surface area contributed by atoms with Gasteiger partial charge in [0.1, 0.15) is 18.0 Å². The fourth-order valence-corrected chi connectivity index (χ4v) is 2.40. The van der Waals surface area contributed by atoms with Crippen molar-refractivity contribution in [1.82, 2.24) is 14.9 Å². The Kier molecular flexibility index (Phi) is 6.07. The number of aromatic amines is 1. The zero-order valence-electron chi connectivity index (χ0n) is 13.5. The number of amides is 2. The van der Waals surface area contributed by atoms with Gasteiger partial charge in [-0.15, -0.1) is 0 Å². The number of carbonyl (C=O) groups excluding carboxylic acids is 2. The highest BCUT2D eigenvalue weighted by Gasteiger charge is 2.35. The second-order valence-electron chi connectivity index (χ2n) is 5.61. The molecule has 1 aromatic heterocycles. The van der Waals surface area contributed by atoms with Crippen LogP contribution in [0.3, 0.4) is 0 Å². The molecule has 0 spiro atoms. The third-order valence-electron chi connectivity index (χ3n) is 3.66. The van der Waals surface area contributed by atoms with Crippen molar-refractivity contribution in [2.24, 2.45) is 0 Å². The third kappa shape index (κ3) is 4.75. The van der Waals surface area contributed by atoms with Gasteiger partial charge in [-0.25, -0.2) is 4.79 Å². The zero-order valence-corrected chi connectivity index (χ0v) is 13.5. The number of nitrogens with zero attached hydrogens (tertiary/aromatic N) is 1. The van der Waals surface area contributed by atoms with Crippen LogP contribution in [0.1, 0.15) is 26.0 Å². The van der Waals surface area contributed by atoms with Crippen LogP contribution >= 0.6 is 0 Å². The van der Waals surface area contributed by atoms with Crippen LogP contribution in [0, 0.1) is 0 Å². The number of hydrogen-bond donors (Lipinski definition) is 5. The van der Waals surface area contributed by atoms with E-state index in [0.717, 1.165) is 10.8 Å². The molecular formula is C14H20N4O7. The summed E-state index contributed by atoms with van der Waals surface area (Å²) in [6.45, 7) is 1.01. The van der Waals surface area contributed by atoms with Crippen molar-refractivity contribution in [2.75, 3.05) is 18.5 Å². The quantitative estimate of drug-likeness (QED) is 0.381. The summed E-state index contributed by atoms with van der Waals surface area (Å²) in [5.74, 6) is -0.806. The number of anilines is 1. The summed E-state index contributed by atoms with van der Waals surface area (Å²) in [6.07, 6.45) is -1.55. The van der Waals surface area contributed by atoms with Gasteiger partial charge in [0.05, 0.1) is 12.7 Å². The predicted octanol–water partition coefficient (Wildman–Crippen LogP) is -2.36. The lowest BCUT2D eigenvalue weighted by atomic mass is 10.2. The summed E-state index contributed by atoms with van der Waals surface area (Å²) in [4.78, 5) is 48.4. The lowest BCUT2D eigenvalue weighted by molar-refractivity contribution is -0.119. The number of ether oxygens (including phenoxy) is 1. The molecule has 25 heavy (non-hydrogen) atoms. The van der Waals surface area contributed by atoms with Crippen LogP contribution in [0.4, 0.5) is 5.69 Å². The Labute approximate surface area is 141 Å². The van der Waals surface area contributed by atoms with E-state index in [1.54, 1.807) is 0 Å². The van der Waals surface area contributed by atoms with E-state index in [1.165, 1.54) is 6.92 Å². The lowest BCUT2D eigenvalue weighted by Crippen LogP contribution is -2.35. The van der Waals surface area contributed by atoms with Crippen molar-refractivity contribution in [3.8, 4) is 0 Å². The maximum absolute atomic E-state index is 11.9. The van der Waals surface area contributed by atoms with Gasteiger partial charge in [-0.2, -0.15) is 0 Å². The van der Waals surface area contributed by atoms with Crippen LogP contribution in [0.2, 0.25) is 0 Å². The van der Waals surface area contributed by atoms with Crippen molar-refractivity contribution in [2.45, 2.75) is 38.2 Å². The standard InChI is InChI=1S/C14H20N4O7/c1-7(20)15-3-2-11(22)16-8-5-18(14(24)17-13(8)23)12-4-9(21)10(6-19)25-12/h5,9-10,12,19,21H,2-4,6H2,1H3,(H,15,20)(H,16,22)(H,17,23,24)/t9-,10+,12+/m0/s1. The Morgan fingerprint density at radius 3 is 2.76 bits per heavy atom. The number of nitrogens with one attached hydrogen (secondary N) is 3. The van der Waals surface area contributed by atoms with Crippen molar-refractivity contribution in [3.63, 3.8) is 0 Å². The summed E-state index contributed by atoms with van der Waals surface area (Å²) in [7, 11) is 0. The molecule has 2 heterocycles. The van der Waals surface area contributed by atoms with Crippen molar-refractivity contribution in [1.29, 1.82) is 0 Å². The highest BCUT2D eigenvalue weighted by atomic mass is 16.5. The molecular weight excluding hydrogens is 336 g/mol. The average molecular weight is 356 g/mol. The van der Waals surface area contributed by atoms with E-state index in [-0.39, 0.29) is 31.0 Å². The molecule has 1 aliphatic rings. The topological polar surface area (TPSA) is 163 Å². The number of aromatic nitrogens is 2. The summed E-state index contributed by atoms with van der Waals surface area (Å²) >= 11 is 0. The van der Waals surface area contributed by atoms with Gasteiger partial charge >= 0.3 is 5.69 Å². The largest absolute Gasteiger partial charge is 0.394 e. The van der Waals surface area contributed by atoms with Gasteiger partial charge in [-0.1, -0.05) is 0 Å². The molecule has 0 saturated carbocycles. The molecule has 1 aliphatic heterocycles. The molecule has 0 aromatic carbocycles. The molecule has 1 aromatic rings. The molecule has 2 amide bonds. The fourth-order valence-electron chi connectivity index (χ4n) is 2.40. The SMILES string of the molecule is CC(=O)NCCC(=O)Nc1cn([C@H]2C[C@H](O)[C@@H](CO)O2)c(=O)[nH]c1=O. The Bertz CT molecular complexity index is 756. The molecule has 11 nitrogen and oxygen atoms in total. The number of rotatable bonds is 6. The smallest absolute Gasteiger partial charge is 0.330 e. The van der Waals surface area contributed by atoms with E-state index in [1.807, 2.05) is 0 Å². The van der Waals surface area contributed by atoms with Gasteiger partial charge < -0.3 is 25.6 Å². The normalized spacial score (nSPS) is 22.6. The molecule has 0 unspecified atom stereocenters. The van der Waals surface area contributed by atoms with E-state index in [2.05, 4.69) is 15.6 Å². The number of carbonyl (C=O) groups is 2. The minimum absolute atomic E-state index is 0.0487. The average Bonchev–Trinajstić information content (AvgIpc) is 2.90. The van der Waals surface area contributed by atoms with Crippen molar-refractivity contribution in [3.05, 3.63) is 27.0 Å². The molecule has 0 bridgehead atoms. The van der Waals surface area contributed by atoms with Crippen LogP contribution < -0.4 is 21.9 Å². The molecule has 3 atom stereocenters. The summed E-state index contributed by atoms with van der Waals surface area (Å²) in [5.41, 5.74) is -1.72. The Morgan fingerprint density at radius 1 is 1.44 bits per heavy atom. The highest BCUT2D eigenvalue weighted by Crippen LogP contribution is 2.27. The Morgan fingerprint density at radius 2 is 2.16 bits per heavy atom. The van der Waals surface area contributed by atoms with Gasteiger partial charge in [0.25, 0.3) is 5.56 Å². The van der Waals surface area contributed by atoms with Crippen LogP contribution in [0.25, 0.3) is 0 Å². The number of hydrogen-bond acceptors (Lipinski definition) is 7. The molecule has 1 fully saturated rings. The maximum atomic E-state index is 11.9. The highest BCUT2D eigenvalue weighted by molar-refractivity contribution is 5.90. The molecule has 1 saturated heterocycles. The first-order valence-corrected chi connectivity index (χ1v) is 7.66. The van der Waals surface area contributed by atoms with Gasteiger partial charge in [0.2, 0.25) is 11.8 Å². The number of aliphatic hydroxyl groups is 2. The van der Waals surface area contributed by atoms with Gasteiger partial charge in [0.15, 0.2) is 0 Å². The summed E-state index contributed by atoms with van der Waals surface area (Å²) < 4.78 is 6.39. The number of H-pyrrole nitrogens is 1. The molecule has 5 N–H and O–H groups in total.